The van der Waals surface area contributed by atoms with Gasteiger partial charge in [-0.15, -0.1) is 0 Å². The van der Waals surface area contributed by atoms with Gasteiger partial charge in [0.1, 0.15) is 6.04 Å². The van der Waals surface area contributed by atoms with Gasteiger partial charge < -0.3 is 15.5 Å². The number of nitrogens with one attached hydrogen (secondary N) is 2. The van der Waals surface area contributed by atoms with E-state index in [1.165, 1.54) is 0 Å². The lowest BCUT2D eigenvalue weighted by molar-refractivity contribution is -0.124. The highest BCUT2D eigenvalue weighted by molar-refractivity contribution is 6.30. The minimum atomic E-state index is -0.418. The zero-order valence-corrected chi connectivity index (χ0v) is 15.2. The van der Waals surface area contributed by atoms with E-state index in [0.29, 0.717) is 31.1 Å². The van der Waals surface area contributed by atoms with Gasteiger partial charge in [0.05, 0.1) is 0 Å². The van der Waals surface area contributed by atoms with Crippen molar-refractivity contribution in [1.29, 1.82) is 0 Å². The molecule has 3 amide bonds. The van der Waals surface area contributed by atoms with E-state index in [2.05, 4.69) is 10.6 Å². The summed E-state index contributed by atoms with van der Waals surface area (Å²) in [6.45, 7) is 1.44. The fourth-order valence-electron chi connectivity index (χ4n) is 3.11. The predicted octanol–water partition coefficient (Wildman–Crippen LogP) is 3.33. The quantitative estimate of drug-likeness (QED) is 0.846. The zero-order valence-electron chi connectivity index (χ0n) is 14.5. The van der Waals surface area contributed by atoms with Gasteiger partial charge in [0.15, 0.2) is 0 Å². The van der Waals surface area contributed by atoms with Crippen molar-refractivity contribution in [3.63, 3.8) is 0 Å². The van der Waals surface area contributed by atoms with Crippen LogP contribution in [0.15, 0.2) is 54.6 Å². The molecule has 0 bridgehead atoms. The second kappa shape index (κ2) is 8.72. The number of carbonyl (C=O) groups is 2. The van der Waals surface area contributed by atoms with Crippen molar-refractivity contribution < 1.29 is 9.59 Å². The van der Waals surface area contributed by atoms with Crippen LogP contribution < -0.4 is 10.6 Å². The topological polar surface area (TPSA) is 61.4 Å². The number of nitrogens with zero attached hydrogens (tertiary/aromatic N) is 1. The third kappa shape index (κ3) is 4.76. The molecule has 1 aliphatic rings. The summed E-state index contributed by atoms with van der Waals surface area (Å²) in [6, 6.07) is 16.5. The standard InChI is InChI=1S/C20H22ClN3O2/c21-17-9-4-8-16(12-17)14-23-20(26)24-11-5-10-18(24)19(25)22-13-15-6-2-1-3-7-15/h1-4,6-9,12,18H,5,10-11,13-14H2,(H,22,25)(H,23,26)/t18-/m1/s1. The fourth-order valence-corrected chi connectivity index (χ4v) is 3.32. The molecule has 0 aliphatic carbocycles. The van der Waals surface area contributed by atoms with Gasteiger partial charge in [-0.1, -0.05) is 54.1 Å². The first-order valence-corrected chi connectivity index (χ1v) is 9.12. The zero-order chi connectivity index (χ0) is 18.4. The van der Waals surface area contributed by atoms with Gasteiger partial charge in [-0.25, -0.2) is 4.79 Å². The maximum absolute atomic E-state index is 12.5. The van der Waals surface area contributed by atoms with Crippen LogP contribution in [0.3, 0.4) is 0 Å². The Bertz CT molecular complexity index is 767. The molecule has 2 N–H and O–H groups in total. The summed E-state index contributed by atoms with van der Waals surface area (Å²) in [7, 11) is 0. The largest absolute Gasteiger partial charge is 0.350 e. The van der Waals surface area contributed by atoms with E-state index in [9.17, 15) is 9.59 Å². The lowest BCUT2D eigenvalue weighted by Crippen LogP contribution is -2.49. The van der Waals surface area contributed by atoms with E-state index in [-0.39, 0.29) is 11.9 Å². The number of rotatable bonds is 5. The Morgan fingerprint density at radius 3 is 2.50 bits per heavy atom. The van der Waals surface area contributed by atoms with Gasteiger partial charge in [-0.2, -0.15) is 0 Å². The highest BCUT2D eigenvalue weighted by Gasteiger charge is 2.33. The Labute approximate surface area is 158 Å². The van der Waals surface area contributed by atoms with E-state index in [1.54, 1.807) is 11.0 Å². The Balaban J connectivity index is 1.53. The molecule has 0 aromatic heterocycles. The summed E-state index contributed by atoms with van der Waals surface area (Å²) in [5, 5.41) is 6.44. The molecule has 6 heteroatoms. The average Bonchev–Trinajstić information content (AvgIpc) is 3.15. The van der Waals surface area contributed by atoms with Gasteiger partial charge in [0.2, 0.25) is 5.91 Å². The van der Waals surface area contributed by atoms with Crippen LogP contribution in [0.1, 0.15) is 24.0 Å². The molecule has 3 rings (SSSR count). The van der Waals surface area contributed by atoms with Crippen molar-refractivity contribution in [2.24, 2.45) is 0 Å². The molecule has 2 aromatic carbocycles. The Hall–Kier alpha value is -2.53. The molecule has 136 valence electrons. The average molecular weight is 372 g/mol. The van der Waals surface area contributed by atoms with E-state index in [1.807, 2.05) is 48.5 Å². The molecule has 0 radical (unpaired) electrons. The van der Waals surface area contributed by atoms with Gasteiger partial charge in [0, 0.05) is 24.7 Å². The summed E-state index contributed by atoms with van der Waals surface area (Å²) in [5.74, 6) is -0.107. The summed E-state index contributed by atoms with van der Waals surface area (Å²) < 4.78 is 0. The summed E-state index contributed by atoms with van der Waals surface area (Å²) in [5.41, 5.74) is 1.96. The maximum Gasteiger partial charge on any atom is 0.318 e. The monoisotopic (exact) mass is 371 g/mol. The number of halogens is 1. The SMILES string of the molecule is O=C(NCc1ccccc1)[C@H]1CCCN1C(=O)NCc1cccc(Cl)c1. The van der Waals surface area contributed by atoms with Crippen LogP contribution in [0.2, 0.25) is 5.02 Å². The van der Waals surface area contributed by atoms with Crippen LogP contribution in [-0.2, 0) is 17.9 Å². The predicted molar refractivity (Wildman–Crippen MR) is 102 cm³/mol. The van der Waals surface area contributed by atoms with Gasteiger partial charge in [0.25, 0.3) is 0 Å². The minimum absolute atomic E-state index is 0.107. The minimum Gasteiger partial charge on any atom is -0.350 e. The van der Waals surface area contributed by atoms with Crippen LogP contribution in [0.4, 0.5) is 4.79 Å². The number of amides is 3. The molecule has 1 fully saturated rings. The van der Waals surface area contributed by atoms with Gasteiger partial charge in [-0.05, 0) is 36.1 Å². The third-order valence-electron chi connectivity index (χ3n) is 4.46. The van der Waals surface area contributed by atoms with Crippen molar-refractivity contribution in [1.82, 2.24) is 15.5 Å². The molecule has 1 saturated heterocycles. The van der Waals surface area contributed by atoms with Crippen molar-refractivity contribution in [2.45, 2.75) is 32.0 Å². The van der Waals surface area contributed by atoms with Gasteiger partial charge in [-0.3, -0.25) is 4.79 Å². The molecular formula is C20H22ClN3O2. The van der Waals surface area contributed by atoms with Crippen molar-refractivity contribution in [2.75, 3.05) is 6.54 Å². The van der Waals surface area contributed by atoms with Crippen molar-refractivity contribution in [3.05, 3.63) is 70.7 Å². The van der Waals surface area contributed by atoms with Crippen LogP contribution in [0, 0.1) is 0 Å². The smallest absolute Gasteiger partial charge is 0.318 e. The molecule has 26 heavy (non-hydrogen) atoms. The van der Waals surface area contributed by atoms with E-state index < -0.39 is 6.04 Å². The van der Waals surface area contributed by atoms with Crippen LogP contribution in [0.25, 0.3) is 0 Å². The molecule has 0 spiro atoms. The second-order valence-corrected chi connectivity index (χ2v) is 6.78. The second-order valence-electron chi connectivity index (χ2n) is 6.34. The molecule has 1 aliphatic heterocycles. The maximum atomic E-state index is 12.5. The van der Waals surface area contributed by atoms with Crippen LogP contribution in [0.5, 0.6) is 0 Å². The van der Waals surface area contributed by atoms with Crippen molar-refractivity contribution in [3.8, 4) is 0 Å². The first-order chi connectivity index (χ1) is 12.6. The number of hydrogen-bond donors (Lipinski definition) is 2. The Kier molecular flexibility index (Phi) is 6.12. The van der Waals surface area contributed by atoms with Crippen LogP contribution >= 0.6 is 11.6 Å². The number of urea groups is 1. The van der Waals surface area contributed by atoms with Crippen LogP contribution in [-0.4, -0.2) is 29.4 Å². The first-order valence-electron chi connectivity index (χ1n) is 8.74. The molecule has 1 atom stereocenters. The lowest BCUT2D eigenvalue weighted by Gasteiger charge is -2.24. The van der Waals surface area contributed by atoms with Crippen molar-refractivity contribution >= 4 is 23.5 Å². The molecule has 2 aromatic rings. The van der Waals surface area contributed by atoms with E-state index in [0.717, 1.165) is 17.5 Å². The lowest BCUT2D eigenvalue weighted by atomic mass is 10.2. The molecule has 1 heterocycles. The number of likely N-dealkylation sites (tertiary alicyclic amines) is 1. The number of benzene rings is 2. The normalized spacial score (nSPS) is 16.3. The fraction of sp³-hybridized carbons (Fsp3) is 0.300. The highest BCUT2D eigenvalue weighted by atomic mass is 35.5. The molecular weight excluding hydrogens is 350 g/mol. The highest BCUT2D eigenvalue weighted by Crippen LogP contribution is 2.18. The third-order valence-corrected chi connectivity index (χ3v) is 4.69. The van der Waals surface area contributed by atoms with E-state index >= 15 is 0 Å². The Morgan fingerprint density at radius 2 is 1.73 bits per heavy atom. The Morgan fingerprint density at radius 1 is 1.00 bits per heavy atom. The number of carbonyl (C=O) groups excluding carboxylic acids is 2. The van der Waals surface area contributed by atoms with E-state index in [4.69, 9.17) is 11.6 Å². The summed E-state index contributed by atoms with van der Waals surface area (Å²) >= 11 is 5.96. The first kappa shape index (κ1) is 18.3. The van der Waals surface area contributed by atoms with Gasteiger partial charge >= 0.3 is 6.03 Å². The molecule has 0 unspecified atom stereocenters. The molecule has 0 saturated carbocycles. The number of hydrogen-bond acceptors (Lipinski definition) is 2. The molecule has 5 nitrogen and oxygen atoms in total. The summed E-state index contributed by atoms with van der Waals surface area (Å²) in [6.07, 6.45) is 1.51. The summed E-state index contributed by atoms with van der Waals surface area (Å²) in [4.78, 5) is 26.6.